The molecule has 1 aliphatic rings. The van der Waals surface area contributed by atoms with E-state index in [0.29, 0.717) is 10.6 Å². The number of thioether (sulfide) groups is 1. The number of nitrogens with one attached hydrogen (secondary N) is 1. The van der Waals surface area contributed by atoms with Crippen LogP contribution >= 0.6 is 11.8 Å². The topological polar surface area (TPSA) is 79.0 Å². The number of rotatable bonds is 4. The Bertz CT molecular complexity index is 1090. The zero-order valence-corrected chi connectivity index (χ0v) is 16.0. The predicted molar refractivity (Wildman–Crippen MR) is 106 cm³/mol. The second-order valence-electron chi connectivity index (χ2n) is 6.30. The largest absolute Gasteiger partial charge is 0.343 e. The van der Waals surface area contributed by atoms with Gasteiger partial charge in [0.05, 0.1) is 33.6 Å². The Morgan fingerprint density at radius 1 is 1.23 bits per heavy atom. The minimum absolute atomic E-state index is 0.326. The summed E-state index contributed by atoms with van der Waals surface area (Å²) in [6, 6.07) is 6.83. The third-order valence-electron chi connectivity index (χ3n) is 4.32. The number of benzene rings is 1. The van der Waals surface area contributed by atoms with E-state index in [1.54, 1.807) is 56.1 Å². The van der Waals surface area contributed by atoms with Gasteiger partial charge in [0.25, 0.3) is 0 Å². The number of anilines is 1. The van der Waals surface area contributed by atoms with Gasteiger partial charge in [0.1, 0.15) is 5.52 Å². The molecule has 3 heterocycles. The zero-order valence-electron chi connectivity index (χ0n) is 14.4. The molecule has 6 nitrogen and oxygen atoms in total. The van der Waals surface area contributed by atoms with E-state index < -0.39 is 15.1 Å². The molecule has 0 bridgehead atoms. The summed E-state index contributed by atoms with van der Waals surface area (Å²) in [4.78, 5) is 14.8. The van der Waals surface area contributed by atoms with Gasteiger partial charge in [0.15, 0.2) is 15.5 Å². The molecular weight excluding hydrogens is 368 g/mol. The summed E-state index contributed by atoms with van der Waals surface area (Å²) in [6.07, 6.45) is 5.62. The fraction of sp³-hybridized carbons (Fsp3) is 0.222. The van der Waals surface area contributed by atoms with Crippen LogP contribution in [-0.2, 0) is 9.84 Å². The number of sulfone groups is 1. The molecule has 0 saturated heterocycles. The lowest BCUT2D eigenvalue weighted by atomic mass is 10.1. The molecule has 0 spiro atoms. The van der Waals surface area contributed by atoms with E-state index in [1.165, 1.54) is 0 Å². The SMILES string of the molecule is CC(C)S(=O)(=O)c1ccc(-c2cnc3[nH]cc(N4C=CSC4)c3n2)cc1. The van der Waals surface area contributed by atoms with Gasteiger partial charge in [-0.3, -0.25) is 0 Å². The Balaban J connectivity index is 1.73. The lowest BCUT2D eigenvalue weighted by molar-refractivity contribution is 0.587. The highest BCUT2D eigenvalue weighted by atomic mass is 32.2. The van der Waals surface area contributed by atoms with Gasteiger partial charge in [-0.1, -0.05) is 12.1 Å². The molecule has 4 rings (SSSR count). The van der Waals surface area contributed by atoms with Crippen LogP contribution < -0.4 is 4.90 Å². The third-order valence-corrected chi connectivity index (χ3v) is 7.23. The molecule has 26 heavy (non-hydrogen) atoms. The van der Waals surface area contributed by atoms with Crippen LogP contribution in [0.5, 0.6) is 0 Å². The molecule has 3 aromatic rings. The Kier molecular flexibility index (Phi) is 4.24. The minimum atomic E-state index is -3.28. The van der Waals surface area contributed by atoms with Crippen molar-refractivity contribution >= 4 is 38.5 Å². The average molecular weight is 387 g/mol. The first-order chi connectivity index (χ1) is 12.5. The van der Waals surface area contributed by atoms with Crippen molar-refractivity contribution in [1.82, 2.24) is 15.0 Å². The van der Waals surface area contributed by atoms with Gasteiger partial charge in [0.2, 0.25) is 0 Å². The van der Waals surface area contributed by atoms with Gasteiger partial charge >= 0.3 is 0 Å². The standard InChI is InChI=1S/C18H18N4O2S2/c1-12(2)26(23,24)14-5-3-13(4-6-14)15-9-19-18-17(21-15)16(10-20-18)22-7-8-25-11-22/h3-10,12H,11H2,1-2H3,(H,19,20). The van der Waals surface area contributed by atoms with Crippen LogP contribution in [0.4, 0.5) is 5.69 Å². The van der Waals surface area contributed by atoms with Gasteiger partial charge in [-0.15, -0.1) is 11.8 Å². The lowest BCUT2D eigenvalue weighted by Gasteiger charge is -2.12. The third kappa shape index (κ3) is 2.89. The second kappa shape index (κ2) is 6.44. The molecule has 0 fully saturated rings. The molecule has 0 saturated carbocycles. The highest BCUT2D eigenvalue weighted by Crippen LogP contribution is 2.31. The Morgan fingerprint density at radius 3 is 2.65 bits per heavy atom. The smallest absolute Gasteiger partial charge is 0.180 e. The van der Waals surface area contributed by atoms with Crippen LogP contribution in [0.2, 0.25) is 0 Å². The number of fused-ring (bicyclic) bond motifs is 1. The predicted octanol–water partition coefficient (Wildman–Crippen LogP) is 3.79. The Hall–Kier alpha value is -2.32. The Morgan fingerprint density at radius 2 is 2.00 bits per heavy atom. The molecule has 8 heteroatoms. The molecule has 0 amide bonds. The maximum Gasteiger partial charge on any atom is 0.180 e. The molecule has 0 atom stereocenters. The van der Waals surface area contributed by atoms with Crippen molar-refractivity contribution in [1.29, 1.82) is 0 Å². The van der Waals surface area contributed by atoms with Crippen molar-refractivity contribution in [2.45, 2.75) is 24.0 Å². The van der Waals surface area contributed by atoms with Crippen molar-refractivity contribution in [3.8, 4) is 11.3 Å². The summed E-state index contributed by atoms with van der Waals surface area (Å²) in [5.41, 5.74) is 4.06. The van der Waals surface area contributed by atoms with Crippen LogP contribution in [0.1, 0.15) is 13.8 Å². The number of nitrogens with zero attached hydrogens (tertiary/aromatic N) is 3. The quantitative estimate of drug-likeness (QED) is 0.735. The van der Waals surface area contributed by atoms with Gasteiger partial charge in [-0.05, 0) is 31.4 Å². The van der Waals surface area contributed by atoms with E-state index in [4.69, 9.17) is 4.98 Å². The number of aromatic nitrogens is 3. The lowest BCUT2D eigenvalue weighted by Crippen LogP contribution is -2.13. The van der Waals surface area contributed by atoms with E-state index >= 15 is 0 Å². The summed E-state index contributed by atoms with van der Waals surface area (Å²) in [5.74, 6) is 0.848. The fourth-order valence-electron chi connectivity index (χ4n) is 2.76. The fourth-order valence-corrected chi connectivity index (χ4v) is 4.52. The number of hydrogen-bond donors (Lipinski definition) is 1. The Labute approximate surface area is 156 Å². The highest BCUT2D eigenvalue weighted by Gasteiger charge is 2.19. The minimum Gasteiger partial charge on any atom is -0.343 e. The number of aromatic amines is 1. The van der Waals surface area contributed by atoms with Crippen molar-refractivity contribution in [2.75, 3.05) is 10.8 Å². The van der Waals surface area contributed by atoms with E-state index in [-0.39, 0.29) is 0 Å². The number of H-pyrrole nitrogens is 1. The molecule has 1 aromatic carbocycles. The molecule has 1 N–H and O–H groups in total. The molecule has 0 radical (unpaired) electrons. The van der Waals surface area contributed by atoms with Crippen molar-refractivity contribution in [3.63, 3.8) is 0 Å². The molecule has 134 valence electrons. The van der Waals surface area contributed by atoms with Crippen LogP contribution in [0.25, 0.3) is 22.4 Å². The van der Waals surface area contributed by atoms with Crippen molar-refractivity contribution < 1.29 is 8.42 Å². The van der Waals surface area contributed by atoms with Gasteiger partial charge < -0.3 is 9.88 Å². The monoisotopic (exact) mass is 386 g/mol. The normalized spacial score (nSPS) is 14.7. The van der Waals surface area contributed by atoms with E-state index in [1.807, 2.05) is 17.8 Å². The second-order valence-corrected chi connectivity index (χ2v) is 9.66. The van der Waals surface area contributed by atoms with Crippen LogP contribution in [0.3, 0.4) is 0 Å². The first-order valence-electron chi connectivity index (χ1n) is 8.20. The molecule has 0 aliphatic carbocycles. The van der Waals surface area contributed by atoms with Gasteiger partial charge in [-0.2, -0.15) is 0 Å². The van der Waals surface area contributed by atoms with Crippen LogP contribution in [0, 0.1) is 0 Å². The van der Waals surface area contributed by atoms with E-state index in [2.05, 4.69) is 14.9 Å². The summed E-state index contributed by atoms with van der Waals surface area (Å²) >= 11 is 1.72. The van der Waals surface area contributed by atoms with Crippen LogP contribution in [-0.4, -0.2) is 34.5 Å². The highest BCUT2D eigenvalue weighted by molar-refractivity contribution is 8.02. The number of hydrogen-bond acceptors (Lipinski definition) is 6. The van der Waals surface area contributed by atoms with Crippen molar-refractivity contribution in [2.24, 2.45) is 0 Å². The first-order valence-corrected chi connectivity index (χ1v) is 10.8. The summed E-state index contributed by atoms with van der Waals surface area (Å²) in [7, 11) is -3.28. The molecular formula is C18H18N4O2S2. The van der Waals surface area contributed by atoms with Gasteiger partial charge in [0, 0.05) is 18.0 Å². The van der Waals surface area contributed by atoms with Crippen LogP contribution in [0.15, 0.2) is 53.2 Å². The zero-order chi connectivity index (χ0) is 18.3. The average Bonchev–Trinajstić information content (AvgIpc) is 3.30. The summed E-state index contributed by atoms with van der Waals surface area (Å²) in [5, 5.41) is 1.60. The molecule has 0 unspecified atom stereocenters. The first kappa shape index (κ1) is 17.1. The maximum absolute atomic E-state index is 12.3. The molecule has 2 aromatic heterocycles. The van der Waals surface area contributed by atoms with Crippen molar-refractivity contribution in [3.05, 3.63) is 48.3 Å². The summed E-state index contributed by atoms with van der Waals surface area (Å²) in [6.45, 7) is 3.36. The van der Waals surface area contributed by atoms with E-state index in [9.17, 15) is 8.42 Å². The van der Waals surface area contributed by atoms with E-state index in [0.717, 1.165) is 28.3 Å². The molecule has 1 aliphatic heterocycles. The maximum atomic E-state index is 12.3. The van der Waals surface area contributed by atoms with Gasteiger partial charge in [-0.25, -0.2) is 18.4 Å². The summed E-state index contributed by atoms with van der Waals surface area (Å²) < 4.78 is 24.5.